The van der Waals surface area contributed by atoms with Gasteiger partial charge in [-0.2, -0.15) is 0 Å². The summed E-state index contributed by atoms with van der Waals surface area (Å²) in [5, 5.41) is 0. The Bertz CT molecular complexity index is 2010. The van der Waals surface area contributed by atoms with E-state index in [4.69, 9.17) is 9.47 Å². The second-order valence-corrected chi connectivity index (χ2v) is 11.2. The molecular weight excluding hydrogens is 608 g/mol. The average Bonchev–Trinajstić information content (AvgIpc) is 3.14. The summed E-state index contributed by atoms with van der Waals surface area (Å²) in [7, 11) is 0. The highest BCUT2D eigenvalue weighted by atomic mass is 16.5. The van der Waals surface area contributed by atoms with E-state index in [0.29, 0.717) is 11.5 Å². The Morgan fingerprint density at radius 1 is 0.469 bits per heavy atom. The molecule has 6 aromatic rings. The molecular formula is C43H34N2O4. The lowest BCUT2D eigenvalue weighted by atomic mass is 10.0. The molecule has 0 radical (unpaired) electrons. The molecule has 240 valence electrons. The highest BCUT2D eigenvalue weighted by Crippen LogP contribution is 2.39. The van der Waals surface area contributed by atoms with Gasteiger partial charge in [0, 0.05) is 46.3 Å². The summed E-state index contributed by atoms with van der Waals surface area (Å²) < 4.78 is 10.6. The molecule has 6 aromatic carbocycles. The van der Waals surface area contributed by atoms with E-state index in [1.165, 1.54) is 5.56 Å². The number of aryl methyl sites for hydroxylation is 1. The van der Waals surface area contributed by atoms with E-state index >= 15 is 0 Å². The van der Waals surface area contributed by atoms with E-state index in [9.17, 15) is 9.59 Å². The van der Waals surface area contributed by atoms with Gasteiger partial charge in [-0.3, -0.25) is 0 Å². The Labute approximate surface area is 286 Å². The van der Waals surface area contributed by atoms with E-state index in [-0.39, 0.29) is 0 Å². The van der Waals surface area contributed by atoms with Crippen LogP contribution in [-0.4, -0.2) is 11.9 Å². The Balaban J connectivity index is 1.30. The summed E-state index contributed by atoms with van der Waals surface area (Å²) in [5.41, 5.74) is 9.17. The minimum absolute atomic E-state index is 0.410. The largest absolute Gasteiger partial charge is 0.423 e. The molecule has 0 atom stereocenters. The van der Waals surface area contributed by atoms with Crippen LogP contribution in [0.2, 0.25) is 0 Å². The van der Waals surface area contributed by atoms with Gasteiger partial charge in [0.25, 0.3) is 0 Å². The van der Waals surface area contributed by atoms with Crippen molar-refractivity contribution in [2.24, 2.45) is 0 Å². The zero-order valence-corrected chi connectivity index (χ0v) is 27.0. The maximum atomic E-state index is 11.7. The van der Waals surface area contributed by atoms with Crippen molar-refractivity contribution >= 4 is 46.1 Å². The minimum atomic E-state index is -0.527. The normalized spacial score (nSPS) is 10.5. The first-order valence-electron chi connectivity index (χ1n) is 15.7. The smallest absolute Gasteiger partial charge is 0.335 e. The third-order valence-electron chi connectivity index (χ3n) is 7.82. The van der Waals surface area contributed by atoms with Crippen LogP contribution in [0.4, 0.5) is 34.1 Å². The average molecular weight is 643 g/mol. The summed E-state index contributed by atoms with van der Waals surface area (Å²) in [4.78, 5) is 27.8. The van der Waals surface area contributed by atoms with Crippen LogP contribution >= 0.6 is 0 Å². The van der Waals surface area contributed by atoms with Crippen LogP contribution in [0.15, 0.2) is 177 Å². The number of para-hydroxylation sites is 1. The van der Waals surface area contributed by atoms with Crippen LogP contribution in [-0.2, 0) is 9.59 Å². The van der Waals surface area contributed by atoms with Gasteiger partial charge < -0.3 is 19.3 Å². The molecule has 6 rings (SSSR count). The quantitative estimate of drug-likeness (QED) is 0.0796. The second-order valence-electron chi connectivity index (χ2n) is 11.2. The number of esters is 2. The monoisotopic (exact) mass is 642 g/mol. The molecule has 6 nitrogen and oxygen atoms in total. The van der Waals surface area contributed by atoms with Crippen LogP contribution in [0, 0.1) is 6.92 Å². The van der Waals surface area contributed by atoms with Gasteiger partial charge in [0.2, 0.25) is 0 Å². The summed E-state index contributed by atoms with van der Waals surface area (Å²) in [6, 6.07) is 50.1. The van der Waals surface area contributed by atoms with Gasteiger partial charge >= 0.3 is 11.9 Å². The topological polar surface area (TPSA) is 59.1 Å². The Morgan fingerprint density at radius 2 is 0.837 bits per heavy atom. The second kappa shape index (κ2) is 14.8. The molecule has 0 spiro atoms. The lowest BCUT2D eigenvalue weighted by Crippen LogP contribution is -2.10. The number of carbonyl (C=O) groups excluding carboxylic acids is 2. The Morgan fingerprint density at radius 3 is 1.24 bits per heavy atom. The SMILES string of the molecule is C=CC(=O)Oc1ccc(N(c2ccc(OC(=O)C=C)cc2)c2ccc(-c3ccc(N(c4ccccc4)c4cccc(C)c4)cc3)cc2)cc1. The molecule has 0 aromatic heterocycles. The van der Waals surface area contributed by atoms with E-state index < -0.39 is 11.9 Å². The first-order valence-corrected chi connectivity index (χ1v) is 15.7. The number of anilines is 6. The first kappa shape index (κ1) is 32.3. The number of rotatable bonds is 11. The van der Waals surface area contributed by atoms with Gasteiger partial charge in [-0.05, 0) is 121 Å². The van der Waals surface area contributed by atoms with Crippen molar-refractivity contribution in [3.63, 3.8) is 0 Å². The van der Waals surface area contributed by atoms with Crippen LogP contribution in [0.25, 0.3) is 11.1 Å². The molecule has 6 heteroatoms. The molecule has 0 heterocycles. The van der Waals surface area contributed by atoms with Crippen molar-refractivity contribution in [2.45, 2.75) is 6.92 Å². The molecule has 0 bridgehead atoms. The maximum Gasteiger partial charge on any atom is 0.335 e. The van der Waals surface area contributed by atoms with Crippen molar-refractivity contribution in [3.8, 4) is 22.6 Å². The number of benzene rings is 6. The standard InChI is InChI=1S/C43H34N2O4/c1-4-42(46)48-40-26-22-37(23-27-40)44(38-24-28-41(29-25-38)49-43(47)5-2)35-18-14-32(15-19-35)33-16-20-36(21-17-33)45(34-11-7-6-8-12-34)39-13-9-10-31(3)30-39/h4-30H,1-2H2,3H3. The molecule has 0 fully saturated rings. The molecule has 0 saturated carbocycles. The molecule has 0 aliphatic rings. The summed E-state index contributed by atoms with van der Waals surface area (Å²) in [6.45, 7) is 9.02. The van der Waals surface area contributed by atoms with E-state index in [0.717, 1.165) is 57.4 Å². The third kappa shape index (κ3) is 7.67. The van der Waals surface area contributed by atoms with Crippen molar-refractivity contribution in [1.29, 1.82) is 0 Å². The third-order valence-corrected chi connectivity index (χ3v) is 7.82. The molecule has 0 N–H and O–H groups in total. The van der Waals surface area contributed by atoms with Gasteiger partial charge in [-0.25, -0.2) is 9.59 Å². The molecule has 0 amide bonds. The van der Waals surface area contributed by atoms with Crippen LogP contribution in [0.3, 0.4) is 0 Å². The fourth-order valence-electron chi connectivity index (χ4n) is 5.49. The predicted molar refractivity (Wildman–Crippen MR) is 198 cm³/mol. The minimum Gasteiger partial charge on any atom is -0.423 e. The Kier molecular flexibility index (Phi) is 9.78. The molecule has 49 heavy (non-hydrogen) atoms. The van der Waals surface area contributed by atoms with E-state index in [1.54, 1.807) is 24.3 Å². The number of carbonyl (C=O) groups is 2. The zero-order chi connectivity index (χ0) is 34.2. The van der Waals surface area contributed by atoms with Gasteiger partial charge in [0.1, 0.15) is 11.5 Å². The summed E-state index contributed by atoms with van der Waals surface area (Å²) in [5.74, 6) is -0.235. The van der Waals surface area contributed by atoms with Gasteiger partial charge in [0.05, 0.1) is 0 Å². The van der Waals surface area contributed by atoms with Crippen LogP contribution < -0.4 is 19.3 Å². The number of hydrogen-bond acceptors (Lipinski definition) is 6. The summed E-state index contributed by atoms with van der Waals surface area (Å²) in [6.07, 6.45) is 2.25. The fourth-order valence-corrected chi connectivity index (χ4v) is 5.49. The highest BCUT2D eigenvalue weighted by Gasteiger charge is 2.16. The fraction of sp³-hybridized carbons (Fsp3) is 0.0233. The van der Waals surface area contributed by atoms with Gasteiger partial charge in [0.15, 0.2) is 0 Å². The number of hydrogen-bond donors (Lipinski definition) is 0. The van der Waals surface area contributed by atoms with Crippen molar-refractivity contribution < 1.29 is 19.1 Å². The molecule has 0 aliphatic heterocycles. The Hall–Kier alpha value is -6.66. The molecule has 0 saturated heterocycles. The van der Waals surface area contributed by atoms with Crippen LogP contribution in [0.5, 0.6) is 11.5 Å². The lowest BCUT2D eigenvalue weighted by molar-refractivity contribution is -0.129. The number of nitrogens with zero attached hydrogens (tertiary/aromatic N) is 2. The lowest BCUT2D eigenvalue weighted by Gasteiger charge is -2.26. The van der Waals surface area contributed by atoms with Gasteiger partial charge in [-0.1, -0.05) is 67.8 Å². The van der Waals surface area contributed by atoms with Crippen molar-refractivity contribution in [2.75, 3.05) is 9.80 Å². The number of ether oxygens (including phenoxy) is 2. The van der Waals surface area contributed by atoms with Crippen molar-refractivity contribution in [3.05, 3.63) is 183 Å². The summed E-state index contributed by atoms with van der Waals surface area (Å²) >= 11 is 0. The molecule has 0 aliphatic carbocycles. The van der Waals surface area contributed by atoms with Crippen LogP contribution in [0.1, 0.15) is 5.56 Å². The predicted octanol–water partition coefficient (Wildman–Crippen LogP) is 10.8. The van der Waals surface area contributed by atoms with E-state index in [2.05, 4.69) is 127 Å². The maximum absolute atomic E-state index is 11.7. The van der Waals surface area contributed by atoms with E-state index in [1.807, 2.05) is 30.3 Å². The first-order chi connectivity index (χ1) is 23.9. The van der Waals surface area contributed by atoms with Gasteiger partial charge in [-0.15, -0.1) is 0 Å². The highest BCUT2D eigenvalue weighted by molar-refractivity contribution is 5.85. The zero-order valence-electron chi connectivity index (χ0n) is 27.0. The van der Waals surface area contributed by atoms with Crippen molar-refractivity contribution in [1.82, 2.24) is 0 Å². The molecule has 0 unspecified atom stereocenters.